The smallest absolute Gasteiger partial charge is 0.222 e. The molecule has 1 heterocycles. The van der Waals surface area contributed by atoms with Crippen molar-refractivity contribution in [3.05, 3.63) is 0 Å². The average Bonchev–Trinajstić information content (AvgIpc) is 2.59. The first-order valence-electron chi connectivity index (χ1n) is 6.09. The third kappa shape index (κ3) is 3.71. The molecule has 1 amide bonds. The number of hydrogen-bond acceptors (Lipinski definition) is 2. The summed E-state index contributed by atoms with van der Waals surface area (Å²) in [5.74, 6) is 2.43. The summed E-state index contributed by atoms with van der Waals surface area (Å²) in [7, 11) is 0. The predicted octanol–water partition coefficient (Wildman–Crippen LogP) is 2.59. The Kier molecular flexibility index (Phi) is 5.51. The van der Waals surface area contributed by atoms with Gasteiger partial charge in [0.25, 0.3) is 0 Å². The van der Waals surface area contributed by atoms with Gasteiger partial charge >= 0.3 is 0 Å². The minimum atomic E-state index is 0.352. The topological polar surface area (TPSA) is 20.3 Å². The van der Waals surface area contributed by atoms with E-state index in [9.17, 15) is 4.79 Å². The predicted molar refractivity (Wildman–Crippen MR) is 67.2 cm³/mol. The SMILES string of the molecule is CCCC(CS)CN1CC(CC)CC1=O. The molecule has 0 aromatic carbocycles. The van der Waals surface area contributed by atoms with E-state index in [1.165, 1.54) is 12.8 Å². The summed E-state index contributed by atoms with van der Waals surface area (Å²) in [4.78, 5) is 13.7. The van der Waals surface area contributed by atoms with Crippen LogP contribution in [-0.4, -0.2) is 29.6 Å². The Hall–Kier alpha value is -0.180. The Morgan fingerprint density at radius 1 is 1.53 bits per heavy atom. The number of hydrogen-bond donors (Lipinski definition) is 1. The minimum Gasteiger partial charge on any atom is -0.342 e. The van der Waals surface area contributed by atoms with E-state index in [4.69, 9.17) is 0 Å². The largest absolute Gasteiger partial charge is 0.342 e. The lowest BCUT2D eigenvalue weighted by molar-refractivity contribution is -0.128. The molecule has 1 aliphatic rings. The van der Waals surface area contributed by atoms with Gasteiger partial charge in [-0.1, -0.05) is 26.7 Å². The lowest BCUT2D eigenvalue weighted by atomic mass is 10.1. The highest BCUT2D eigenvalue weighted by Gasteiger charge is 2.29. The quantitative estimate of drug-likeness (QED) is 0.694. The second-order valence-corrected chi connectivity index (χ2v) is 4.98. The van der Waals surface area contributed by atoms with Gasteiger partial charge in [-0.2, -0.15) is 12.6 Å². The lowest BCUT2D eigenvalue weighted by Gasteiger charge is -2.22. The summed E-state index contributed by atoms with van der Waals surface area (Å²) >= 11 is 4.36. The summed E-state index contributed by atoms with van der Waals surface area (Å²) < 4.78 is 0. The van der Waals surface area contributed by atoms with E-state index in [1.54, 1.807) is 0 Å². The number of likely N-dealkylation sites (tertiary alicyclic amines) is 1. The number of amides is 1. The number of carbonyl (C=O) groups is 1. The molecular formula is C12H23NOS. The van der Waals surface area contributed by atoms with Gasteiger partial charge in [0.15, 0.2) is 0 Å². The molecule has 2 nitrogen and oxygen atoms in total. The van der Waals surface area contributed by atoms with Crippen LogP contribution in [-0.2, 0) is 4.79 Å². The van der Waals surface area contributed by atoms with Gasteiger partial charge in [-0.05, 0) is 24.0 Å². The van der Waals surface area contributed by atoms with Crippen LogP contribution in [0.3, 0.4) is 0 Å². The maximum atomic E-state index is 11.7. The van der Waals surface area contributed by atoms with E-state index in [2.05, 4.69) is 26.5 Å². The normalized spacial score (nSPS) is 23.5. The Balaban J connectivity index is 2.40. The molecule has 1 rings (SSSR count). The van der Waals surface area contributed by atoms with E-state index >= 15 is 0 Å². The van der Waals surface area contributed by atoms with Crippen LogP contribution in [0.4, 0.5) is 0 Å². The molecular weight excluding hydrogens is 206 g/mol. The molecule has 0 spiro atoms. The van der Waals surface area contributed by atoms with Gasteiger partial charge in [0.2, 0.25) is 5.91 Å². The van der Waals surface area contributed by atoms with Crippen molar-refractivity contribution in [3.63, 3.8) is 0 Å². The van der Waals surface area contributed by atoms with Gasteiger partial charge < -0.3 is 4.90 Å². The van der Waals surface area contributed by atoms with Crippen molar-refractivity contribution in [3.8, 4) is 0 Å². The second kappa shape index (κ2) is 6.41. The molecule has 88 valence electrons. The van der Waals surface area contributed by atoms with Gasteiger partial charge in [-0.15, -0.1) is 0 Å². The number of carbonyl (C=O) groups excluding carboxylic acids is 1. The molecule has 2 atom stereocenters. The maximum absolute atomic E-state index is 11.7. The Morgan fingerprint density at radius 3 is 2.73 bits per heavy atom. The number of rotatable bonds is 6. The van der Waals surface area contributed by atoms with Crippen LogP contribution < -0.4 is 0 Å². The van der Waals surface area contributed by atoms with Gasteiger partial charge in [0.05, 0.1) is 0 Å². The molecule has 0 N–H and O–H groups in total. The monoisotopic (exact) mass is 229 g/mol. The van der Waals surface area contributed by atoms with Crippen LogP contribution in [0.15, 0.2) is 0 Å². The van der Waals surface area contributed by atoms with E-state index in [1.807, 2.05) is 4.90 Å². The van der Waals surface area contributed by atoms with Crippen LogP contribution in [0.25, 0.3) is 0 Å². The highest BCUT2D eigenvalue weighted by molar-refractivity contribution is 7.80. The summed E-state index contributed by atoms with van der Waals surface area (Å²) in [6, 6.07) is 0. The molecule has 0 aromatic rings. The molecule has 0 saturated carbocycles. The standard InChI is InChI=1S/C12H23NOS/c1-3-5-11(9-15)8-13-7-10(4-2)6-12(13)14/h10-11,15H,3-9H2,1-2H3. The number of nitrogens with zero attached hydrogens (tertiary/aromatic N) is 1. The van der Waals surface area contributed by atoms with Crippen molar-refractivity contribution in [2.45, 2.75) is 39.5 Å². The summed E-state index contributed by atoms with van der Waals surface area (Å²) in [6.07, 6.45) is 4.26. The Morgan fingerprint density at radius 2 is 2.27 bits per heavy atom. The number of thiol groups is 1. The van der Waals surface area contributed by atoms with E-state index in [-0.39, 0.29) is 0 Å². The van der Waals surface area contributed by atoms with Crippen LogP contribution in [0.1, 0.15) is 39.5 Å². The molecule has 1 aliphatic heterocycles. The van der Waals surface area contributed by atoms with Crippen molar-refractivity contribution in [1.29, 1.82) is 0 Å². The summed E-state index contributed by atoms with van der Waals surface area (Å²) in [5, 5.41) is 0. The van der Waals surface area contributed by atoms with Crippen molar-refractivity contribution in [2.75, 3.05) is 18.8 Å². The molecule has 1 saturated heterocycles. The van der Waals surface area contributed by atoms with Crippen molar-refractivity contribution in [1.82, 2.24) is 4.90 Å². The minimum absolute atomic E-state index is 0.352. The molecule has 3 heteroatoms. The molecule has 2 unspecified atom stereocenters. The fraction of sp³-hybridized carbons (Fsp3) is 0.917. The molecule has 0 bridgehead atoms. The van der Waals surface area contributed by atoms with E-state index in [0.29, 0.717) is 17.7 Å². The molecule has 0 radical (unpaired) electrons. The fourth-order valence-electron chi connectivity index (χ4n) is 2.26. The van der Waals surface area contributed by atoms with Gasteiger partial charge in [0.1, 0.15) is 0 Å². The van der Waals surface area contributed by atoms with E-state index in [0.717, 1.165) is 31.7 Å². The van der Waals surface area contributed by atoms with Crippen molar-refractivity contribution < 1.29 is 4.79 Å². The lowest BCUT2D eigenvalue weighted by Crippen LogP contribution is -2.31. The molecule has 1 fully saturated rings. The summed E-state index contributed by atoms with van der Waals surface area (Å²) in [6.45, 7) is 6.26. The Bertz CT molecular complexity index is 208. The molecule has 0 aliphatic carbocycles. The highest BCUT2D eigenvalue weighted by Crippen LogP contribution is 2.22. The van der Waals surface area contributed by atoms with Crippen LogP contribution >= 0.6 is 12.6 Å². The first kappa shape index (κ1) is 12.9. The zero-order valence-corrected chi connectivity index (χ0v) is 10.8. The van der Waals surface area contributed by atoms with Crippen molar-refractivity contribution in [2.24, 2.45) is 11.8 Å². The van der Waals surface area contributed by atoms with Gasteiger partial charge in [-0.3, -0.25) is 4.79 Å². The maximum Gasteiger partial charge on any atom is 0.222 e. The zero-order valence-electron chi connectivity index (χ0n) is 9.91. The van der Waals surface area contributed by atoms with Crippen molar-refractivity contribution >= 4 is 18.5 Å². The van der Waals surface area contributed by atoms with Gasteiger partial charge in [-0.25, -0.2) is 0 Å². The highest BCUT2D eigenvalue weighted by atomic mass is 32.1. The van der Waals surface area contributed by atoms with Crippen LogP contribution in [0.5, 0.6) is 0 Å². The third-order valence-corrected chi connectivity index (χ3v) is 3.82. The first-order chi connectivity index (χ1) is 7.21. The van der Waals surface area contributed by atoms with Crippen LogP contribution in [0, 0.1) is 11.8 Å². The zero-order chi connectivity index (χ0) is 11.3. The van der Waals surface area contributed by atoms with E-state index < -0.39 is 0 Å². The van der Waals surface area contributed by atoms with Crippen LogP contribution in [0.2, 0.25) is 0 Å². The summed E-state index contributed by atoms with van der Waals surface area (Å²) in [5.41, 5.74) is 0. The molecule has 0 aromatic heterocycles. The third-order valence-electron chi connectivity index (χ3n) is 3.31. The van der Waals surface area contributed by atoms with Gasteiger partial charge in [0, 0.05) is 19.5 Å². The second-order valence-electron chi connectivity index (χ2n) is 4.61. The fourth-order valence-corrected chi connectivity index (χ4v) is 2.56. The average molecular weight is 229 g/mol. The first-order valence-corrected chi connectivity index (χ1v) is 6.73. The molecule has 15 heavy (non-hydrogen) atoms. The Labute approximate surface area is 98.8 Å².